The average molecular weight is 389 g/mol. The fraction of sp³-hybridized carbons (Fsp3) is 0.0769. The molecule has 0 aliphatic carbocycles. The topological polar surface area (TPSA) is 37.8 Å². The normalized spacial score (nSPS) is 10.9. The first-order valence-corrected chi connectivity index (χ1v) is 8.01. The number of halogens is 3. The summed E-state index contributed by atoms with van der Waals surface area (Å²) >= 11 is 16.9. The molecule has 0 radical (unpaired) electrons. The summed E-state index contributed by atoms with van der Waals surface area (Å²) in [6, 6.07) is 9.76. The number of anilines is 1. The smallest absolute Gasteiger partial charge is 0.130 e. The highest BCUT2D eigenvalue weighted by Crippen LogP contribution is 2.35. The molecule has 0 spiro atoms. The van der Waals surface area contributed by atoms with E-state index in [1.165, 1.54) is 0 Å². The van der Waals surface area contributed by atoms with Gasteiger partial charge in [0, 0.05) is 11.0 Å². The molecule has 7 heteroatoms. The van der Waals surface area contributed by atoms with Crippen molar-refractivity contribution in [1.82, 2.24) is 8.75 Å². The van der Waals surface area contributed by atoms with E-state index in [2.05, 4.69) is 30.0 Å². The van der Waals surface area contributed by atoms with E-state index >= 15 is 0 Å². The van der Waals surface area contributed by atoms with Crippen LogP contribution in [0.1, 0.15) is 5.56 Å². The van der Waals surface area contributed by atoms with Crippen molar-refractivity contribution in [1.29, 1.82) is 0 Å². The largest absolute Gasteiger partial charge is 0.378 e. The van der Waals surface area contributed by atoms with E-state index in [4.69, 9.17) is 23.2 Å². The van der Waals surface area contributed by atoms with Gasteiger partial charge in [0.25, 0.3) is 0 Å². The van der Waals surface area contributed by atoms with Crippen LogP contribution in [0, 0.1) is 0 Å². The van der Waals surface area contributed by atoms with E-state index in [-0.39, 0.29) is 0 Å². The van der Waals surface area contributed by atoms with Crippen molar-refractivity contribution in [3.05, 3.63) is 50.4 Å². The molecule has 0 amide bonds. The minimum atomic E-state index is 0.520. The van der Waals surface area contributed by atoms with Crippen LogP contribution in [0.5, 0.6) is 0 Å². The second-order valence-corrected chi connectivity index (χ2v) is 6.42. The van der Waals surface area contributed by atoms with E-state index in [1.54, 1.807) is 6.07 Å². The van der Waals surface area contributed by atoms with Gasteiger partial charge in [0.2, 0.25) is 0 Å². The fourth-order valence-corrected chi connectivity index (χ4v) is 3.51. The van der Waals surface area contributed by atoms with Gasteiger partial charge in [-0.2, -0.15) is 8.75 Å². The van der Waals surface area contributed by atoms with Crippen LogP contribution in [-0.4, -0.2) is 8.75 Å². The number of nitrogens with one attached hydrogen (secondary N) is 1. The number of benzene rings is 2. The third-order valence-corrected chi connectivity index (χ3v) is 4.41. The highest BCUT2D eigenvalue weighted by molar-refractivity contribution is 9.10. The van der Waals surface area contributed by atoms with Crippen LogP contribution in [-0.2, 0) is 6.54 Å². The van der Waals surface area contributed by atoms with Gasteiger partial charge in [0.05, 0.1) is 27.5 Å². The van der Waals surface area contributed by atoms with Crippen molar-refractivity contribution in [2.24, 2.45) is 0 Å². The fourth-order valence-electron chi connectivity index (χ4n) is 1.88. The van der Waals surface area contributed by atoms with Crippen LogP contribution in [0.15, 0.2) is 34.8 Å². The van der Waals surface area contributed by atoms with Gasteiger partial charge in [0.15, 0.2) is 0 Å². The van der Waals surface area contributed by atoms with E-state index in [0.29, 0.717) is 27.6 Å². The predicted molar refractivity (Wildman–Crippen MR) is 88.9 cm³/mol. The van der Waals surface area contributed by atoms with Crippen molar-refractivity contribution in [3.63, 3.8) is 0 Å². The predicted octanol–water partition coefficient (Wildman–Crippen LogP) is 5.37. The van der Waals surface area contributed by atoms with Gasteiger partial charge in [0.1, 0.15) is 11.0 Å². The van der Waals surface area contributed by atoms with E-state index in [0.717, 1.165) is 27.5 Å². The second-order valence-electron chi connectivity index (χ2n) is 4.16. The Morgan fingerprint density at radius 2 is 1.90 bits per heavy atom. The number of hydrogen-bond donors (Lipinski definition) is 1. The van der Waals surface area contributed by atoms with Gasteiger partial charge >= 0.3 is 0 Å². The first-order chi connectivity index (χ1) is 9.65. The molecule has 1 heterocycles. The zero-order chi connectivity index (χ0) is 14.1. The minimum absolute atomic E-state index is 0.520. The van der Waals surface area contributed by atoms with Crippen LogP contribution >= 0.6 is 50.9 Å². The average Bonchev–Trinajstić information content (AvgIpc) is 2.88. The number of nitrogens with zero attached hydrogens (tertiary/aromatic N) is 2. The summed E-state index contributed by atoms with van der Waals surface area (Å²) in [5.41, 5.74) is 3.29. The summed E-state index contributed by atoms with van der Waals surface area (Å²) < 4.78 is 9.48. The van der Waals surface area contributed by atoms with Crippen molar-refractivity contribution >= 4 is 67.6 Å². The van der Waals surface area contributed by atoms with Gasteiger partial charge in [-0.1, -0.05) is 51.3 Å². The molecule has 3 nitrogen and oxygen atoms in total. The monoisotopic (exact) mass is 387 g/mol. The number of rotatable bonds is 3. The van der Waals surface area contributed by atoms with Crippen molar-refractivity contribution < 1.29 is 0 Å². The summed E-state index contributed by atoms with van der Waals surface area (Å²) in [6.07, 6.45) is 0. The van der Waals surface area contributed by atoms with Crippen LogP contribution in [0.2, 0.25) is 10.0 Å². The molecule has 0 aliphatic heterocycles. The lowest BCUT2D eigenvalue weighted by atomic mass is 10.2. The lowest BCUT2D eigenvalue weighted by Crippen LogP contribution is -2.01. The quantitative estimate of drug-likeness (QED) is 0.655. The molecular formula is C13H8BrCl2N3S. The Hall–Kier alpha value is -0.880. The Bertz CT molecular complexity index is 775. The first-order valence-electron chi connectivity index (χ1n) is 5.74. The van der Waals surface area contributed by atoms with Gasteiger partial charge < -0.3 is 5.32 Å². The summed E-state index contributed by atoms with van der Waals surface area (Å²) in [5, 5.41) is 4.37. The molecule has 1 N–H and O–H groups in total. The first kappa shape index (κ1) is 14.1. The highest BCUT2D eigenvalue weighted by atomic mass is 79.9. The maximum atomic E-state index is 6.24. The molecule has 0 unspecified atom stereocenters. The number of aromatic nitrogens is 2. The highest BCUT2D eigenvalue weighted by Gasteiger charge is 2.13. The van der Waals surface area contributed by atoms with Crippen molar-refractivity contribution in [2.45, 2.75) is 6.54 Å². The number of hydrogen-bond acceptors (Lipinski definition) is 4. The molecule has 0 atom stereocenters. The number of fused-ring (bicyclic) bond motifs is 1. The molecule has 102 valence electrons. The Balaban J connectivity index is 1.93. The molecule has 0 fully saturated rings. The zero-order valence-electron chi connectivity index (χ0n) is 10.0. The zero-order valence-corrected chi connectivity index (χ0v) is 13.9. The maximum Gasteiger partial charge on any atom is 0.130 e. The summed E-state index contributed by atoms with van der Waals surface area (Å²) in [6.45, 7) is 0.646. The molecule has 0 bridgehead atoms. The maximum absolute atomic E-state index is 6.24. The van der Waals surface area contributed by atoms with Gasteiger partial charge in [-0.05, 0) is 23.8 Å². The SMILES string of the molecule is Clc1cc(Cl)c2nsnc2c1NCc1cccc(Br)c1. The van der Waals surface area contributed by atoms with Gasteiger partial charge in [-0.25, -0.2) is 0 Å². The summed E-state index contributed by atoms with van der Waals surface area (Å²) in [4.78, 5) is 0. The minimum Gasteiger partial charge on any atom is -0.378 e. The van der Waals surface area contributed by atoms with Crippen LogP contribution < -0.4 is 5.32 Å². The molecule has 3 aromatic rings. The lowest BCUT2D eigenvalue weighted by Gasteiger charge is -2.10. The van der Waals surface area contributed by atoms with Crippen LogP contribution in [0.4, 0.5) is 5.69 Å². The Labute approximate surface area is 138 Å². The molecule has 0 saturated heterocycles. The third-order valence-electron chi connectivity index (χ3n) is 2.80. The molecule has 0 saturated carbocycles. The molecule has 20 heavy (non-hydrogen) atoms. The molecule has 2 aromatic carbocycles. The third kappa shape index (κ3) is 2.76. The van der Waals surface area contributed by atoms with E-state index in [9.17, 15) is 0 Å². The van der Waals surface area contributed by atoms with E-state index in [1.807, 2.05) is 24.3 Å². The Kier molecular flexibility index (Phi) is 4.12. The lowest BCUT2D eigenvalue weighted by molar-refractivity contribution is 1.15. The summed E-state index contributed by atoms with van der Waals surface area (Å²) in [5.74, 6) is 0. The van der Waals surface area contributed by atoms with Crippen molar-refractivity contribution in [2.75, 3.05) is 5.32 Å². The van der Waals surface area contributed by atoms with Crippen molar-refractivity contribution in [3.8, 4) is 0 Å². The van der Waals surface area contributed by atoms with Gasteiger partial charge in [-0.3, -0.25) is 0 Å². The summed E-state index contributed by atoms with van der Waals surface area (Å²) in [7, 11) is 0. The Morgan fingerprint density at radius 1 is 1.10 bits per heavy atom. The standard InChI is InChI=1S/C13H8BrCl2N3S/c14-8-3-1-2-7(4-8)6-17-11-9(15)5-10(16)12-13(11)19-20-18-12/h1-5,17H,6H2. The molecular weight excluding hydrogens is 381 g/mol. The van der Waals surface area contributed by atoms with Crippen LogP contribution in [0.3, 0.4) is 0 Å². The second kappa shape index (κ2) is 5.85. The molecule has 0 aliphatic rings. The molecule has 1 aromatic heterocycles. The van der Waals surface area contributed by atoms with Gasteiger partial charge in [-0.15, -0.1) is 0 Å². The van der Waals surface area contributed by atoms with Crippen LogP contribution in [0.25, 0.3) is 11.0 Å². The van der Waals surface area contributed by atoms with E-state index < -0.39 is 0 Å². The molecule has 3 rings (SSSR count). The Morgan fingerprint density at radius 3 is 2.70 bits per heavy atom.